The molecule has 0 unspecified atom stereocenters. The Morgan fingerprint density at radius 3 is 2.40 bits per heavy atom. The van der Waals surface area contributed by atoms with Crippen molar-refractivity contribution in [2.45, 2.75) is 0 Å². The van der Waals surface area contributed by atoms with E-state index in [0.717, 1.165) is 15.4 Å². The molecule has 0 aliphatic heterocycles. The SMILES string of the molecule is O=C(O)c1ccccc1[SiH3]. The van der Waals surface area contributed by atoms with Gasteiger partial charge in [-0.1, -0.05) is 23.4 Å². The lowest BCUT2D eigenvalue weighted by atomic mass is 10.2. The minimum Gasteiger partial charge on any atom is -0.478 e. The van der Waals surface area contributed by atoms with Crippen molar-refractivity contribution in [2.24, 2.45) is 0 Å². The normalized spacial score (nSPS) is 9.60. The number of benzene rings is 1. The summed E-state index contributed by atoms with van der Waals surface area (Å²) < 4.78 is 0. The highest BCUT2D eigenvalue weighted by Crippen LogP contribution is 1.92. The number of hydrogen-bond acceptors (Lipinski definition) is 1. The van der Waals surface area contributed by atoms with Gasteiger partial charge >= 0.3 is 5.97 Å². The molecular formula is C7H8O2Si. The van der Waals surface area contributed by atoms with Crippen molar-refractivity contribution < 1.29 is 9.90 Å². The van der Waals surface area contributed by atoms with Crippen LogP contribution in [0.15, 0.2) is 24.3 Å². The largest absolute Gasteiger partial charge is 0.478 e. The zero-order valence-corrected chi connectivity index (χ0v) is 7.66. The number of carbonyl (C=O) groups is 1. The number of aromatic carboxylic acids is 1. The van der Waals surface area contributed by atoms with E-state index in [4.69, 9.17) is 5.11 Å². The van der Waals surface area contributed by atoms with Crippen LogP contribution < -0.4 is 5.19 Å². The molecule has 0 aliphatic rings. The van der Waals surface area contributed by atoms with Crippen LogP contribution in [0.4, 0.5) is 0 Å². The third-order valence-corrected chi connectivity index (χ3v) is 2.25. The first-order chi connectivity index (χ1) is 4.72. The molecule has 1 rings (SSSR count). The molecule has 0 saturated carbocycles. The highest BCUT2D eigenvalue weighted by atomic mass is 28.1. The van der Waals surface area contributed by atoms with Crippen LogP contribution in [0.3, 0.4) is 0 Å². The smallest absolute Gasteiger partial charge is 0.335 e. The molecule has 0 bridgehead atoms. The molecule has 0 saturated heterocycles. The summed E-state index contributed by atoms with van der Waals surface area (Å²) in [5.74, 6) is -0.828. The highest BCUT2D eigenvalue weighted by molar-refractivity contribution is 6.36. The van der Waals surface area contributed by atoms with Crippen LogP contribution in [0.5, 0.6) is 0 Å². The molecule has 2 nitrogen and oxygen atoms in total. The highest BCUT2D eigenvalue weighted by Gasteiger charge is 2.02. The van der Waals surface area contributed by atoms with Crippen LogP contribution in [0.1, 0.15) is 10.4 Å². The van der Waals surface area contributed by atoms with E-state index >= 15 is 0 Å². The molecule has 0 aliphatic carbocycles. The maximum Gasteiger partial charge on any atom is 0.335 e. The van der Waals surface area contributed by atoms with Gasteiger partial charge in [-0.2, -0.15) is 0 Å². The van der Waals surface area contributed by atoms with E-state index in [1.54, 1.807) is 12.1 Å². The van der Waals surface area contributed by atoms with Gasteiger partial charge in [-0.15, -0.1) is 0 Å². The van der Waals surface area contributed by atoms with Crippen LogP contribution in [-0.2, 0) is 0 Å². The average molecular weight is 152 g/mol. The van der Waals surface area contributed by atoms with Gasteiger partial charge < -0.3 is 5.11 Å². The molecular weight excluding hydrogens is 144 g/mol. The number of rotatable bonds is 1. The minimum atomic E-state index is -0.828. The monoisotopic (exact) mass is 152 g/mol. The van der Waals surface area contributed by atoms with Crippen molar-refractivity contribution in [1.29, 1.82) is 0 Å². The van der Waals surface area contributed by atoms with E-state index in [9.17, 15) is 4.79 Å². The van der Waals surface area contributed by atoms with Gasteiger partial charge in [0.1, 0.15) is 0 Å². The zero-order valence-electron chi connectivity index (χ0n) is 5.66. The van der Waals surface area contributed by atoms with Crippen molar-refractivity contribution in [1.82, 2.24) is 0 Å². The van der Waals surface area contributed by atoms with Crippen molar-refractivity contribution in [3.05, 3.63) is 29.8 Å². The fourth-order valence-electron chi connectivity index (χ4n) is 0.813. The second-order valence-corrected chi connectivity index (χ2v) is 3.20. The molecule has 52 valence electrons. The molecule has 0 spiro atoms. The van der Waals surface area contributed by atoms with Crippen molar-refractivity contribution in [3.8, 4) is 0 Å². The van der Waals surface area contributed by atoms with Crippen molar-refractivity contribution in [2.75, 3.05) is 0 Å². The minimum absolute atomic E-state index is 0.439. The van der Waals surface area contributed by atoms with Gasteiger partial charge in [-0.05, 0) is 6.07 Å². The van der Waals surface area contributed by atoms with Gasteiger partial charge in [0.2, 0.25) is 0 Å². The quantitative estimate of drug-likeness (QED) is 0.544. The first kappa shape index (κ1) is 7.02. The summed E-state index contributed by atoms with van der Waals surface area (Å²) in [5, 5.41) is 9.53. The van der Waals surface area contributed by atoms with Gasteiger partial charge in [-0.25, -0.2) is 4.79 Å². The second kappa shape index (κ2) is 2.66. The number of carboxylic acids is 1. The molecule has 1 aromatic carbocycles. The van der Waals surface area contributed by atoms with E-state index < -0.39 is 5.97 Å². The topological polar surface area (TPSA) is 37.3 Å². The molecule has 0 aromatic heterocycles. The standard InChI is InChI=1S/C7H8O2Si/c8-7(9)5-3-1-2-4-6(5)10/h1-4H,10H3,(H,8,9). The first-order valence-corrected chi connectivity index (χ1v) is 4.01. The maximum atomic E-state index is 10.4. The van der Waals surface area contributed by atoms with Crippen molar-refractivity contribution >= 4 is 21.4 Å². The maximum absolute atomic E-state index is 10.4. The summed E-state index contributed by atoms with van der Waals surface area (Å²) in [6, 6.07) is 7.07. The Morgan fingerprint density at radius 1 is 1.40 bits per heavy atom. The third-order valence-electron chi connectivity index (χ3n) is 1.38. The Morgan fingerprint density at radius 2 is 2.00 bits per heavy atom. The van der Waals surface area contributed by atoms with Crippen LogP contribution >= 0.6 is 0 Å². The van der Waals surface area contributed by atoms with Gasteiger partial charge in [0.05, 0.1) is 5.56 Å². The van der Waals surface area contributed by atoms with E-state index in [2.05, 4.69) is 0 Å². The lowest BCUT2D eigenvalue weighted by Crippen LogP contribution is -2.14. The summed E-state index contributed by atoms with van der Waals surface area (Å²) in [5.41, 5.74) is 0.439. The van der Waals surface area contributed by atoms with Gasteiger partial charge in [0, 0.05) is 10.2 Å². The predicted octanol–water partition coefficient (Wildman–Crippen LogP) is -0.625. The Hall–Kier alpha value is -1.09. The van der Waals surface area contributed by atoms with Crippen LogP contribution in [-0.4, -0.2) is 21.3 Å². The summed E-state index contributed by atoms with van der Waals surface area (Å²) in [4.78, 5) is 10.4. The van der Waals surface area contributed by atoms with Crippen LogP contribution in [0.2, 0.25) is 0 Å². The molecule has 1 aromatic rings. The fourth-order valence-corrected chi connectivity index (χ4v) is 1.39. The lowest BCUT2D eigenvalue weighted by Gasteiger charge is -1.96. The third kappa shape index (κ3) is 1.25. The first-order valence-electron chi connectivity index (χ1n) is 3.01. The van der Waals surface area contributed by atoms with Crippen molar-refractivity contribution in [3.63, 3.8) is 0 Å². The van der Waals surface area contributed by atoms with E-state index in [1.807, 2.05) is 12.1 Å². The van der Waals surface area contributed by atoms with E-state index in [0.29, 0.717) is 5.56 Å². The van der Waals surface area contributed by atoms with Gasteiger partial charge in [-0.3, -0.25) is 0 Å². The Labute approximate surface area is 61.9 Å². The molecule has 0 atom stereocenters. The zero-order chi connectivity index (χ0) is 7.56. The fraction of sp³-hybridized carbons (Fsp3) is 0. The molecule has 10 heavy (non-hydrogen) atoms. The molecule has 0 amide bonds. The molecule has 0 radical (unpaired) electrons. The second-order valence-electron chi connectivity index (χ2n) is 2.12. The van der Waals surface area contributed by atoms with Gasteiger partial charge in [0.25, 0.3) is 0 Å². The average Bonchev–Trinajstić information content (AvgIpc) is 1.88. The van der Waals surface area contributed by atoms with Crippen LogP contribution in [0, 0.1) is 0 Å². The Bertz CT molecular complexity index is 258. The summed E-state index contributed by atoms with van der Waals surface area (Å²) in [6.07, 6.45) is 0. The van der Waals surface area contributed by atoms with Crippen LogP contribution in [0.25, 0.3) is 0 Å². The Balaban J connectivity index is 3.15. The Kier molecular flexibility index (Phi) is 1.87. The molecule has 0 heterocycles. The number of carboxylic acid groups (broad SMARTS) is 1. The van der Waals surface area contributed by atoms with E-state index in [1.165, 1.54) is 0 Å². The molecule has 3 heteroatoms. The number of hydrogen-bond donors (Lipinski definition) is 1. The summed E-state index contributed by atoms with van der Waals surface area (Å²) in [6.45, 7) is 0. The summed E-state index contributed by atoms with van der Waals surface area (Å²) in [7, 11) is 0.792. The van der Waals surface area contributed by atoms with E-state index in [-0.39, 0.29) is 0 Å². The molecule has 0 fully saturated rings. The van der Waals surface area contributed by atoms with Gasteiger partial charge in [0.15, 0.2) is 0 Å². The molecule has 1 N–H and O–H groups in total. The predicted molar refractivity (Wildman–Crippen MR) is 43.0 cm³/mol. The lowest BCUT2D eigenvalue weighted by molar-refractivity contribution is 0.0698. The summed E-state index contributed by atoms with van der Waals surface area (Å²) >= 11 is 0.